The number of nitrogens with zero attached hydrogens (tertiary/aromatic N) is 1. The molecule has 0 aromatic carbocycles. The molecule has 0 atom stereocenters. The normalized spacial score (nSPS) is 26.0. The molecule has 3 rings (SSSR count). The second kappa shape index (κ2) is 3.14. The van der Waals surface area contributed by atoms with Crippen LogP contribution in [0.2, 0.25) is 0 Å². The molecule has 0 radical (unpaired) electrons. The van der Waals surface area contributed by atoms with Crippen LogP contribution in [0.1, 0.15) is 38.5 Å². The van der Waals surface area contributed by atoms with Crippen LogP contribution in [0, 0.1) is 5.92 Å². The fourth-order valence-corrected chi connectivity index (χ4v) is 1.85. The van der Waals surface area contributed by atoms with Crippen LogP contribution in [0.5, 0.6) is 0 Å². The van der Waals surface area contributed by atoms with E-state index in [0.29, 0.717) is 12.1 Å². The van der Waals surface area contributed by atoms with Gasteiger partial charge in [-0.05, 0) is 44.4 Å². The van der Waals surface area contributed by atoms with Crippen molar-refractivity contribution in [2.45, 2.75) is 50.6 Å². The quantitative estimate of drug-likeness (QED) is 0.726. The minimum Gasteiger partial charge on any atom is -0.335 e. The molecule has 0 aromatic rings. The maximum absolute atomic E-state index is 11.9. The minimum atomic E-state index is 0.210. The van der Waals surface area contributed by atoms with E-state index in [1.165, 1.54) is 38.5 Å². The Bertz CT molecular complexity index is 242. The van der Waals surface area contributed by atoms with Crippen molar-refractivity contribution in [3.05, 3.63) is 0 Å². The highest BCUT2D eigenvalue weighted by molar-refractivity contribution is 5.75. The van der Waals surface area contributed by atoms with Crippen molar-refractivity contribution < 1.29 is 4.79 Å². The van der Waals surface area contributed by atoms with E-state index in [1.807, 2.05) is 0 Å². The summed E-state index contributed by atoms with van der Waals surface area (Å²) in [5.74, 6) is 0.820. The summed E-state index contributed by atoms with van der Waals surface area (Å²) >= 11 is 0. The zero-order valence-corrected chi connectivity index (χ0v) is 8.54. The van der Waals surface area contributed by atoms with Gasteiger partial charge in [-0.2, -0.15) is 0 Å². The number of carbonyl (C=O) groups is 1. The molecule has 0 aromatic heterocycles. The minimum absolute atomic E-state index is 0.210. The fraction of sp³-hybridized carbons (Fsp3) is 0.909. The predicted molar refractivity (Wildman–Crippen MR) is 54.0 cm³/mol. The molecule has 0 unspecified atom stereocenters. The molecule has 0 saturated heterocycles. The van der Waals surface area contributed by atoms with Crippen molar-refractivity contribution in [3.63, 3.8) is 0 Å². The van der Waals surface area contributed by atoms with Gasteiger partial charge in [-0.15, -0.1) is 0 Å². The third-order valence-electron chi connectivity index (χ3n) is 3.31. The number of hydrogen-bond acceptors (Lipinski definition) is 1. The second-order valence-electron chi connectivity index (χ2n) is 5.05. The lowest BCUT2D eigenvalue weighted by atomic mass is 10.3. The van der Waals surface area contributed by atoms with Crippen LogP contribution in [0.25, 0.3) is 0 Å². The summed E-state index contributed by atoms with van der Waals surface area (Å²) in [4.78, 5) is 13.9. The maximum Gasteiger partial charge on any atom is 0.317 e. The van der Waals surface area contributed by atoms with Crippen molar-refractivity contribution in [1.82, 2.24) is 10.2 Å². The third-order valence-corrected chi connectivity index (χ3v) is 3.31. The lowest BCUT2D eigenvalue weighted by Gasteiger charge is -2.22. The van der Waals surface area contributed by atoms with Gasteiger partial charge in [0.25, 0.3) is 0 Å². The van der Waals surface area contributed by atoms with Gasteiger partial charge in [0.1, 0.15) is 0 Å². The SMILES string of the molecule is O=C(NC1CC1)N(CC1CC1)C1CC1. The summed E-state index contributed by atoms with van der Waals surface area (Å²) in [6, 6.07) is 1.29. The Morgan fingerprint density at radius 2 is 1.86 bits per heavy atom. The first-order valence-electron chi connectivity index (χ1n) is 5.90. The zero-order chi connectivity index (χ0) is 9.54. The van der Waals surface area contributed by atoms with E-state index in [2.05, 4.69) is 10.2 Å². The Kier molecular flexibility index (Phi) is 1.92. The van der Waals surface area contributed by atoms with E-state index in [-0.39, 0.29) is 6.03 Å². The summed E-state index contributed by atoms with van der Waals surface area (Å²) in [6.45, 7) is 1.02. The Hall–Kier alpha value is -0.730. The van der Waals surface area contributed by atoms with Crippen molar-refractivity contribution in [1.29, 1.82) is 0 Å². The molecule has 3 aliphatic carbocycles. The van der Waals surface area contributed by atoms with Gasteiger partial charge in [-0.1, -0.05) is 0 Å². The largest absolute Gasteiger partial charge is 0.335 e. The predicted octanol–water partition coefficient (Wildman–Crippen LogP) is 1.73. The monoisotopic (exact) mass is 194 g/mol. The lowest BCUT2D eigenvalue weighted by molar-refractivity contribution is 0.191. The smallest absolute Gasteiger partial charge is 0.317 e. The van der Waals surface area contributed by atoms with E-state index in [0.717, 1.165) is 12.5 Å². The number of amides is 2. The summed E-state index contributed by atoms with van der Waals surface area (Å²) in [6.07, 6.45) is 7.50. The van der Waals surface area contributed by atoms with Gasteiger partial charge in [-0.25, -0.2) is 4.79 Å². The molecular formula is C11H18N2O. The summed E-state index contributed by atoms with van der Waals surface area (Å²) in [7, 11) is 0. The summed E-state index contributed by atoms with van der Waals surface area (Å²) < 4.78 is 0. The molecule has 0 spiro atoms. The first-order chi connectivity index (χ1) is 6.83. The molecule has 78 valence electrons. The van der Waals surface area contributed by atoms with E-state index >= 15 is 0 Å². The van der Waals surface area contributed by atoms with Crippen molar-refractivity contribution in [2.24, 2.45) is 5.92 Å². The number of carbonyl (C=O) groups excluding carboxylic acids is 1. The highest BCUT2D eigenvalue weighted by Crippen LogP contribution is 2.35. The van der Waals surface area contributed by atoms with Crippen molar-refractivity contribution in [3.8, 4) is 0 Å². The molecule has 3 heteroatoms. The van der Waals surface area contributed by atoms with Gasteiger partial charge in [0.15, 0.2) is 0 Å². The number of rotatable bonds is 4. The molecule has 0 heterocycles. The van der Waals surface area contributed by atoms with E-state index < -0.39 is 0 Å². The Morgan fingerprint density at radius 1 is 1.14 bits per heavy atom. The summed E-state index contributed by atoms with van der Waals surface area (Å²) in [5, 5.41) is 3.10. The maximum atomic E-state index is 11.9. The van der Waals surface area contributed by atoms with Gasteiger partial charge in [-0.3, -0.25) is 0 Å². The second-order valence-corrected chi connectivity index (χ2v) is 5.05. The van der Waals surface area contributed by atoms with Crippen LogP contribution in [0.4, 0.5) is 4.79 Å². The first-order valence-corrected chi connectivity index (χ1v) is 5.90. The highest BCUT2D eigenvalue weighted by Gasteiger charge is 2.37. The molecule has 0 aliphatic heterocycles. The molecular weight excluding hydrogens is 176 g/mol. The molecule has 3 aliphatic rings. The standard InChI is InChI=1S/C11H18N2O/c14-11(12-9-3-4-9)13(10-5-6-10)7-8-1-2-8/h8-10H,1-7H2,(H,12,14). The molecule has 3 nitrogen and oxygen atoms in total. The van der Waals surface area contributed by atoms with E-state index in [4.69, 9.17) is 0 Å². The van der Waals surface area contributed by atoms with Crippen LogP contribution in [-0.4, -0.2) is 29.6 Å². The number of urea groups is 1. The lowest BCUT2D eigenvalue weighted by Crippen LogP contribution is -2.43. The molecule has 3 saturated carbocycles. The van der Waals surface area contributed by atoms with Gasteiger partial charge in [0.05, 0.1) is 0 Å². The van der Waals surface area contributed by atoms with E-state index in [1.54, 1.807) is 0 Å². The Balaban J connectivity index is 1.54. The summed E-state index contributed by atoms with van der Waals surface area (Å²) in [5.41, 5.74) is 0. The van der Waals surface area contributed by atoms with Gasteiger partial charge < -0.3 is 10.2 Å². The third kappa shape index (κ3) is 2.02. The fourth-order valence-electron chi connectivity index (χ4n) is 1.85. The first kappa shape index (κ1) is 8.57. The topological polar surface area (TPSA) is 32.3 Å². The average Bonchev–Trinajstić information content (AvgIpc) is 2.93. The van der Waals surface area contributed by atoms with Crippen LogP contribution in [-0.2, 0) is 0 Å². The molecule has 2 amide bonds. The number of hydrogen-bond donors (Lipinski definition) is 1. The highest BCUT2D eigenvalue weighted by atomic mass is 16.2. The van der Waals surface area contributed by atoms with Crippen LogP contribution in [0.3, 0.4) is 0 Å². The van der Waals surface area contributed by atoms with Crippen LogP contribution >= 0.6 is 0 Å². The van der Waals surface area contributed by atoms with E-state index in [9.17, 15) is 4.79 Å². The number of nitrogens with one attached hydrogen (secondary N) is 1. The Morgan fingerprint density at radius 3 is 2.36 bits per heavy atom. The molecule has 14 heavy (non-hydrogen) atoms. The Labute approximate surface area is 84.8 Å². The van der Waals surface area contributed by atoms with Gasteiger partial charge >= 0.3 is 6.03 Å². The molecule has 1 N–H and O–H groups in total. The van der Waals surface area contributed by atoms with Crippen LogP contribution in [0.15, 0.2) is 0 Å². The zero-order valence-electron chi connectivity index (χ0n) is 8.54. The molecule has 0 bridgehead atoms. The van der Waals surface area contributed by atoms with Gasteiger partial charge in [0.2, 0.25) is 0 Å². The average molecular weight is 194 g/mol. The van der Waals surface area contributed by atoms with Gasteiger partial charge in [0, 0.05) is 18.6 Å². The van der Waals surface area contributed by atoms with Crippen molar-refractivity contribution >= 4 is 6.03 Å². The molecule has 3 fully saturated rings. The van der Waals surface area contributed by atoms with Crippen molar-refractivity contribution in [2.75, 3.05) is 6.54 Å². The van der Waals surface area contributed by atoms with Crippen LogP contribution < -0.4 is 5.32 Å².